The predicted octanol–water partition coefficient (Wildman–Crippen LogP) is 3.71. The average molecular weight is 346 g/mol. The fourth-order valence-corrected chi connectivity index (χ4v) is 2.79. The van der Waals surface area contributed by atoms with Crippen LogP contribution in [-0.4, -0.2) is 19.8 Å². The third-order valence-electron chi connectivity index (χ3n) is 2.91. The van der Waals surface area contributed by atoms with Crippen molar-refractivity contribution < 1.29 is 13.5 Å². The van der Waals surface area contributed by atoms with Crippen LogP contribution in [0.25, 0.3) is 0 Å². The van der Waals surface area contributed by atoms with E-state index >= 15 is 0 Å². The van der Waals surface area contributed by atoms with Crippen molar-refractivity contribution in [2.45, 2.75) is 11.4 Å². The number of rotatable bonds is 4. The molecular weight excluding hydrogens is 333 g/mol. The lowest BCUT2D eigenvalue weighted by Gasteiger charge is -2.11. The molecule has 0 saturated heterocycles. The molecule has 2 rings (SSSR count). The van der Waals surface area contributed by atoms with Gasteiger partial charge in [-0.1, -0.05) is 35.3 Å². The maximum absolute atomic E-state index is 11.5. The quantitative estimate of drug-likeness (QED) is 0.886. The Bertz CT molecular complexity index is 776. The minimum absolute atomic E-state index is 0.0120. The maximum Gasteiger partial charge on any atom is 0.175 e. The van der Waals surface area contributed by atoms with Gasteiger partial charge in [0, 0.05) is 18.4 Å². The van der Waals surface area contributed by atoms with Crippen LogP contribution in [-0.2, 0) is 16.4 Å². The Morgan fingerprint density at radius 2 is 1.86 bits per heavy atom. The Labute approximate surface area is 133 Å². The van der Waals surface area contributed by atoms with E-state index in [2.05, 4.69) is 5.32 Å². The van der Waals surface area contributed by atoms with E-state index in [-0.39, 0.29) is 22.2 Å². The highest BCUT2D eigenvalue weighted by Crippen LogP contribution is 2.29. The molecule has 0 aliphatic carbocycles. The summed E-state index contributed by atoms with van der Waals surface area (Å²) in [6.45, 7) is 0.263. The van der Waals surface area contributed by atoms with Gasteiger partial charge < -0.3 is 10.4 Å². The SMILES string of the molecule is CS(=O)(=O)c1ccc(Cl)c(NCc2cccc(Cl)c2O)c1. The molecule has 21 heavy (non-hydrogen) atoms. The van der Waals surface area contributed by atoms with Crippen LogP contribution in [0.2, 0.25) is 10.0 Å². The number of para-hydroxylation sites is 1. The summed E-state index contributed by atoms with van der Waals surface area (Å²) < 4.78 is 23.1. The van der Waals surface area contributed by atoms with Gasteiger partial charge in [0.15, 0.2) is 9.84 Å². The number of anilines is 1. The van der Waals surface area contributed by atoms with E-state index in [1.807, 2.05) is 0 Å². The molecule has 0 aliphatic rings. The van der Waals surface area contributed by atoms with Crippen molar-refractivity contribution >= 4 is 38.7 Å². The first kappa shape index (κ1) is 15.9. The number of hydrogen-bond acceptors (Lipinski definition) is 4. The van der Waals surface area contributed by atoms with E-state index in [4.69, 9.17) is 23.2 Å². The summed E-state index contributed by atoms with van der Waals surface area (Å²) in [6.07, 6.45) is 1.13. The summed E-state index contributed by atoms with van der Waals surface area (Å²) in [7, 11) is -3.31. The summed E-state index contributed by atoms with van der Waals surface area (Å²) in [5.41, 5.74) is 1.06. The van der Waals surface area contributed by atoms with E-state index in [1.54, 1.807) is 18.2 Å². The Morgan fingerprint density at radius 3 is 2.52 bits per heavy atom. The molecule has 0 heterocycles. The summed E-state index contributed by atoms with van der Waals surface area (Å²) in [5.74, 6) is -0.0120. The molecule has 4 nitrogen and oxygen atoms in total. The van der Waals surface area contributed by atoms with E-state index in [0.29, 0.717) is 16.3 Å². The smallest absolute Gasteiger partial charge is 0.175 e. The zero-order valence-corrected chi connectivity index (χ0v) is 13.4. The molecule has 0 spiro atoms. The van der Waals surface area contributed by atoms with Crippen molar-refractivity contribution in [2.75, 3.05) is 11.6 Å². The number of nitrogens with one attached hydrogen (secondary N) is 1. The minimum atomic E-state index is -3.31. The average Bonchev–Trinajstić information content (AvgIpc) is 2.40. The van der Waals surface area contributed by atoms with Crippen molar-refractivity contribution in [3.63, 3.8) is 0 Å². The number of sulfone groups is 1. The van der Waals surface area contributed by atoms with Gasteiger partial charge in [0.25, 0.3) is 0 Å². The molecule has 0 amide bonds. The van der Waals surface area contributed by atoms with Crippen LogP contribution in [0, 0.1) is 0 Å². The predicted molar refractivity (Wildman–Crippen MR) is 85.0 cm³/mol. The van der Waals surface area contributed by atoms with E-state index in [9.17, 15) is 13.5 Å². The number of halogens is 2. The highest BCUT2D eigenvalue weighted by Gasteiger charge is 2.11. The first-order valence-electron chi connectivity index (χ1n) is 5.99. The number of phenols is 1. The molecule has 2 N–H and O–H groups in total. The zero-order valence-electron chi connectivity index (χ0n) is 11.1. The molecule has 0 atom stereocenters. The van der Waals surface area contributed by atoms with Crippen molar-refractivity contribution in [2.24, 2.45) is 0 Å². The molecule has 0 aliphatic heterocycles. The van der Waals surface area contributed by atoms with Crippen molar-refractivity contribution in [1.82, 2.24) is 0 Å². The Balaban J connectivity index is 2.26. The number of benzene rings is 2. The van der Waals surface area contributed by atoms with E-state index < -0.39 is 9.84 Å². The highest BCUT2D eigenvalue weighted by molar-refractivity contribution is 7.90. The van der Waals surface area contributed by atoms with Crippen molar-refractivity contribution in [3.8, 4) is 5.75 Å². The van der Waals surface area contributed by atoms with Gasteiger partial charge >= 0.3 is 0 Å². The minimum Gasteiger partial charge on any atom is -0.506 e. The second-order valence-corrected chi connectivity index (χ2v) is 7.35. The van der Waals surface area contributed by atoms with Crippen LogP contribution >= 0.6 is 23.2 Å². The van der Waals surface area contributed by atoms with Gasteiger partial charge in [-0.2, -0.15) is 0 Å². The lowest BCUT2D eigenvalue weighted by Crippen LogP contribution is -2.03. The Morgan fingerprint density at radius 1 is 1.14 bits per heavy atom. The third-order valence-corrected chi connectivity index (χ3v) is 4.65. The summed E-state index contributed by atoms with van der Waals surface area (Å²) in [5, 5.41) is 13.5. The van der Waals surface area contributed by atoms with Crippen LogP contribution < -0.4 is 5.32 Å². The molecular formula is C14H13Cl2NO3S. The van der Waals surface area contributed by atoms with Crippen molar-refractivity contribution in [1.29, 1.82) is 0 Å². The van der Waals surface area contributed by atoms with Crippen LogP contribution in [0.15, 0.2) is 41.3 Å². The molecule has 2 aromatic rings. The molecule has 0 fully saturated rings. The lowest BCUT2D eigenvalue weighted by atomic mass is 10.2. The molecule has 112 valence electrons. The molecule has 0 aromatic heterocycles. The fraction of sp³-hybridized carbons (Fsp3) is 0.143. The van der Waals surface area contributed by atoms with Crippen LogP contribution in [0.5, 0.6) is 5.75 Å². The topological polar surface area (TPSA) is 66.4 Å². The van der Waals surface area contributed by atoms with Gasteiger partial charge in [0.05, 0.1) is 20.6 Å². The number of phenolic OH excluding ortho intramolecular Hbond substituents is 1. The monoisotopic (exact) mass is 345 g/mol. The normalized spacial score (nSPS) is 11.4. The number of hydrogen-bond donors (Lipinski definition) is 2. The van der Waals surface area contributed by atoms with Gasteiger partial charge in [-0.15, -0.1) is 0 Å². The summed E-state index contributed by atoms with van der Waals surface area (Å²) in [6, 6.07) is 9.42. The molecule has 0 unspecified atom stereocenters. The Kier molecular flexibility index (Phi) is 4.66. The summed E-state index contributed by atoms with van der Waals surface area (Å²) in [4.78, 5) is 0.171. The van der Waals surface area contributed by atoms with Gasteiger partial charge in [0.1, 0.15) is 5.75 Å². The van der Waals surface area contributed by atoms with Gasteiger partial charge in [-0.05, 0) is 24.3 Å². The fourth-order valence-electron chi connectivity index (χ4n) is 1.76. The van der Waals surface area contributed by atoms with Gasteiger partial charge in [-0.25, -0.2) is 8.42 Å². The van der Waals surface area contributed by atoms with Crippen LogP contribution in [0.1, 0.15) is 5.56 Å². The van der Waals surface area contributed by atoms with E-state index in [0.717, 1.165) is 6.26 Å². The largest absolute Gasteiger partial charge is 0.506 e. The standard InChI is InChI=1S/C14H13Cl2NO3S/c1-21(19,20)10-5-6-11(15)13(7-10)17-8-9-3-2-4-12(16)14(9)18/h2-7,17-18H,8H2,1H3. The van der Waals surface area contributed by atoms with E-state index in [1.165, 1.54) is 18.2 Å². The zero-order chi connectivity index (χ0) is 15.6. The first-order valence-corrected chi connectivity index (χ1v) is 8.63. The first-order chi connectivity index (χ1) is 9.79. The van der Waals surface area contributed by atoms with Gasteiger partial charge in [-0.3, -0.25) is 0 Å². The number of aromatic hydroxyl groups is 1. The van der Waals surface area contributed by atoms with Gasteiger partial charge in [0.2, 0.25) is 0 Å². The molecule has 0 radical (unpaired) electrons. The third kappa shape index (κ3) is 3.81. The molecule has 2 aromatic carbocycles. The van der Waals surface area contributed by atoms with Crippen LogP contribution in [0.3, 0.4) is 0 Å². The van der Waals surface area contributed by atoms with Crippen LogP contribution in [0.4, 0.5) is 5.69 Å². The maximum atomic E-state index is 11.5. The summed E-state index contributed by atoms with van der Waals surface area (Å²) >= 11 is 11.9. The highest BCUT2D eigenvalue weighted by atomic mass is 35.5. The lowest BCUT2D eigenvalue weighted by molar-refractivity contribution is 0.469. The second kappa shape index (κ2) is 6.13. The molecule has 7 heteroatoms. The Hall–Kier alpha value is -1.43. The van der Waals surface area contributed by atoms with Crippen molar-refractivity contribution in [3.05, 3.63) is 52.0 Å². The molecule has 0 bridgehead atoms. The molecule has 0 saturated carbocycles. The second-order valence-electron chi connectivity index (χ2n) is 4.51.